The molecule has 2 nitrogen and oxygen atoms in total. The van der Waals surface area contributed by atoms with Crippen LogP contribution in [0.4, 0.5) is 0 Å². The molecule has 0 aliphatic carbocycles. The van der Waals surface area contributed by atoms with Gasteiger partial charge in [0.15, 0.2) is 0 Å². The molecule has 0 fully saturated rings. The van der Waals surface area contributed by atoms with Crippen LogP contribution in [-0.4, -0.2) is 17.8 Å². The minimum Gasteiger partial charge on any atom is -0.351 e. The minimum atomic E-state index is -0.0538. The van der Waals surface area contributed by atoms with Gasteiger partial charge in [-0.3, -0.25) is 4.79 Å². The maximum Gasteiger partial charge on any atom is 0.262 e. The first-order valence-corrected chi connectivity index (χ1v) is 7.62. The average molecular weight is 325 g/mol. The zero-order valence-corrected chi connectivity index (χ0v) is 12.3. The SMILES string of the molecule is Cc1csc(C(=O)NCCCCCBr)c1Cl. The number of carbonyl (C=O) groups excluding carboxylic acids is 1. The number of nitrogens with one attached hydrogen (secondary N) is 1. The van der Waals surface area contributed by atoms with Crippen LogP contribution in [0.3, 0.4) is 0 Å². The fraction of sp³-hybridized carbons (Fsp3) is 0.545. The van der Waals surface area contributed by atoms with Gasteiger partial charge >= 0.3 is 0 Å². The fourth-order valence-electron chi connectivity index (χ4n) is 1.26. The highest BCUT2D eigenvalue weighted by Crippen LogP contribution is 2.26. The topological polar surface area (TPSA) is 29.1 Å². The number of alkyl halides is 1. The lowest BCUT2D eigenvalue weighted by molar-refractivity contribution is 0.0957. The van der Waals surface area contributed by atoms with E-state index in [-0.39, 0.29) is 5.91 Å². The van der Waals surface area contributed by atoms with Gasteiger partial charge in [-0.15, -0.1) is 11.3 Å². The van der Waals surface area contributed by atoms with Gasteiger partial charge in [0, 0.05) is 11.9 Å². The molecule has 1 rings (SSSR count). The summed E-state index contributed by atoms with van der Waals surface area (Å²) >= 11 is 10.8. The van der Waals surface area contributed by atoms with E-state index in [0.717, 1.165) is 36.7 Å². The molecule has 0 aliphatic rings. The lowest BCUT2D eigenvalue weighted by atomic mass is 10.2. The third kappa shape index (κ3) is 4.07. The molecule has 0 atom stereocenters. The Morgan fingerprint density at radius 3 is 2.81 bits per heavy atom. The molecule has 1 N–H and O–H groups in total. The average Bonchev–Trinajstić information content (AvgIpc) is 2.59. The molecule has 0 saturated carbocycles. The summed E-state index contributed by atoms with van der Waals surface area (Å²) in [6, 6.07) is 0. The van der Waals surface area contributed by atoms with Gasteiger partial charge in [0.1, 0.15) is 4.88 Å². The van der Waals surface area contributed by atoms with Crippen LogP contribution in [0.25, 0.3) is 0 Å². The second-order valence-electron chi connectivity index (χ2n) is 3.57. The van der Waals surface area contributed by atoms with E-state index in [0.29, 0.717) is 9.90 Å². The predicted octanol–water partition coefficient (Wildman–Crippen LogP) is 4.00. The molecule has 0 aliphatic heterocycles. The minimum absolute atomic E-state index is 0.0538. The zero-order valence-electron chi connectivity index (χ0n) is 9.19. The molecule has 0 spiro atoms. The Balaban J connectivity index is 2.33. The Hall–Kier alpha value is -0.0600. The van der Waals surface area contributed by atoms with E-state index in [1.54, 1.807) is 0 Å². The molecule has 0 bridgehead atoms. The van der Waals surface area contributed by atoms with Crippen LogP contribution in [0.5, 0.6) is 0 Å². The van der Waals surface area contributed by atoms with Crippen LogP contribution in [0.2, 0.25) is 5.02 Å². The van der Waals surface area contributed by atoms with Gasteiger partial charge < -0.3 is 5.32 Å². The largest absolute Gasteiger partial charge is 0.351 e. The smallest absolute Gasteiger partial charge is 0.262 e. The summed E-state index contributed by atoms with van der Waals surface area (Å²) < 4.78 is 0. The Labute approximate surface area is 114 Å². The second-order valence-corrected chi connectivity index (χ2v) is 5.62. The van der Waals surface area contributed by atoms with E-state index in [1.165, 1.54) is 11.3 Å². The zero-order chi connectivity index (χ0) is 12.0. The van der Waals surface area contributed by atoms with Crippen LogP contribution in [0.1, 0.15) is 34.5 Å². The Kier molecular flexibility index (Phi) is 6.39. The van der Waals surface area contributed by atoms with Crippen LogP contribution in [0, 0.1) is 6.92 Å². The summed E-state index contributed by atoms with van der Waals surface area (Å²) in [7, 11) is 0. The highest BCUT2D eigenvalue weighted by atomic mass is 79.9. The number of carbonyl (C=O) groups is 1. The van der Waals surface area contributed by atoms with E-state index in [1.807, 2.05) is 12.3 Å². The Bertz CT molecular complexity index is 354. The summed E-state index contributed by atoms with van der Waals surface area (Å²) in [6.07, 6.45) is 3.29. The molecule has 1 aromatic rings. The van der Waals surface area contributed by atoms with E-state index in [4.69, 9.17) is 11.6 Å². The van der Waals surface area contributed by atoms with Gasteiger partial charge in [-0.05, 0) is 30.7 Å². The molecule has 1 heterocycles. The Morgan fingerprint density at radius 1 is 1.50 bits per heavy atom. The molecule has 5 heteroatoms. The van der Waals surface area contributed by atoms with Crippen LogP contribution in [-0.2, 0) is 0 Å². The monoisotopic (exact) mass is 323 g/mol. The van der Waals surface area contributed by atoms with Crippen molar-refractivity contribution in [3.63, 3.8) is 0 Å². The first kappa shape index (κ1) is 14.0. The van der Waals surface area contributed by atoms with Crippen molar-refractivity contribution in [3.8, 4) is 0 Å². The van der Waals surface area contributed by atoms with Crippen molar-refractivity contribution in [2.75, 3.05) is 11.9 Å². The van der Waals surface area contributed by atoms with E-state index < -0.39 is 0 Å². The predicted molar refractivity (Wildman–Crippen MR) is 74.0 cm³/mol. The lowest BCUT2D eigenvalue weighted by Gasteiger charge is -2.03. The molecule has 16 heavy (non-hydrogen) atoms. The van der Waals surface area contributed by atoms with Gasteiger partial charge in [-0.2, -0.15) is 0 Å². The number of hydrogen-bond acceptors (Lipinski definition) is 2. The maximum absolute atomic E-state index is 11.7. The van der Waals surface area contributed by atoms with Gasteiger partial charge in [-0.25, -0.2) is 0 Å². The number of halogens is 2. The molecule has 0 saturated heterocycles. The van der Waals surface area contributed by atoms with Crippen molar-refractivity contribution in [3.05, 3.63) is 20.8 Å². The number of hydrogen-bond donors (Lipinski definition) is 1. The highest BCUT2D eigenvalue weighted by Gasteiger charge is 2.13. The molecule has 0 radical (unpaired) electrons. The molecule has 0 unspecified atom stereocenters. The quantitative estimate of drug-likeness (QED) is 0.622. The molecular weight excluding hydrogens is 310 g/mol. The Morgan fingerprint density at radius 2 is 2.25 bits per heavy atom. The van der Waals surface area contributed by atoms with Gasteiger partial charge in [0.05, 0.1) is 5.02 Å². The normalized spacial score (nSPS) is 10.4. The van der Waals surface area contributed by atoms with Crippen LogP contribution < -0.4 is 5.32 Å². The first-order valence-electron chi connectivity index (χ1n) is 5.24. The summed E-state index contributed by atoms with van der Waals surface area (Å²) in [6.45, 7) is 2.63. The maximum atomic E-state index is 11.7. The van der Waals surface area contributed by atoms with E-state index in [2.05, 4.69) is 21.2 Å². The lowest BCUT2D eigenvalue weighted by Crippen LogP contribution is -2.23. The summed E-state index contributed by atoms with van der Waals surface area (Å²) in [5.41, 5.74) is 0.969. The van der Waals surface area contributed by atoms with Crippen molar-refractivity contribution in [1.29, 1.82) is 0 Å². The van der Waals surface area contributed by atoms with Crippen LogP contribution >= 0.6 is 38.9 Å². The van der Waals surface area contributed by atoms with E-state index >= 15 is 0 Å². The molecular formula is C11H15BrClNOS. The van der Waals surface area contributed by atoms with E-state index in [9.17, 15) is 4.79 Å². The number of thiophene rings is 1. The third-order valence-electron chi connectivity index (χ3n) is 2.20. The standard InChI is InChI=1S/C11H15BrClNOS/c1-8-7-16-10(9(8)13)11(15)14-6-4-2-3-5-12/h7H,2-6H2,1H3,(H,14,15). The summed E-state index contributed by atoms with van der Waals surface area (Å²) in [5, 5.41) is 6.40. The molecule has 0 aromatic carbocycles. The van der Waals surface area contributed by atoms with Crippen molar-refractivity contribution >= 4 is 44.8 Å². The van der Waals surface area contributed by atoms with Crippen molar-refractivity contribution in [2.45, 2.75) is 26.2 Å². The van der Waals surface area contributed by atoms with Crippen molar-refractivity contribution < 1.29 is 4.79 Å². The molecule has 1 aromatic heterocycles. The highest BCUT2D eigenvalue weighted by molar-refractivity contribution is 9.09. The van der Waals surface area contributed by atoms with Gasteiger partial charge in [0.25, 0.3) is 5.91 Å². The molecule has 90 valence electrons. The van der Waals surface area contributed by atoms with Gasteiger partial charge in [-0.1, -0.05) is 34.0 Å². The van der Waals surface area contributed by atoms with Crippen molar-refractivity contribution in [1.82, 2.24) is 5.32 Å². The summed E-state index contributed by atoms with van der Waals surface area (Å²) in [5.74, 6) is -0.0538. The van der Waals surface area contributed by atoms with Crippen LogP contribution in [0.15, 0.2) is 5.38 Å². The number of amides is 1. The first-order chi connectivity index (χ1) is 7.66. The second kappa shape index (κ2) is 7.30. The number of aryl methyl sites for hydroxylation is 1. The molecule has 1 amide bonds. The van der Waals surface area contributed by atoms with Crippen molar-refractivity contribution in [2.24, 2.45) is 0 Å². The number of rotatable bonds is 6. The third-order valence-corrected chi connectivity index (χ3v) is 4.46. The fourth-order valence-corrected chi connectivity index (χ4v) is 2.85. The number of unbranched alkanes of at least 4 members (excludes halogenated alkanes) is 2. The van der Waals surface area contributed by atoms with Gasteiger partial charge in [0.2, 0.25) is 0 Å². The summed E-state index contributed by atoms with van der Waals surface area (Å²) in [4.78, 5) is 12.3.